The van der Waals surface area contributed by atoms with Crippen LogP contribution in [0, 0.1) is 0 Å². The average Bonchev–Trinajstić information content (AvgIpc) is 1.85. The van der Waals surface area contributed by atoms with Gasteiger partial charge in [-0.1, -0.05) is 0 Å². The van der Waals surface area contributed by atoms with Crippen LogP contribution < -0.4 is 3.26 Å². The van der Waals surface area contributed by atoms with Crippen molar-refractivity contribution >= 4 is 48.2 Å². The molecule has 5 heteroatoms. The molecule has 0 spiro atoms. The van der Waals surface area contributed by atoms with E-state index >= 15 is 0 Å². The number of rotatable bonds is 2. The molecule has 0 aromatic heterocycles. The fourth-order valence-electron chi connectivity index (χ4n) is 0.685. The van der Waals surface area contributed by atoms with Crippen molar-refractivity contribution in [2.75, 3.05) is 3.26 Å². The van der Waals surface area contributed by atoms with Gasteiger partial charge in [0.05, 0.1) is 0 Å². The molecule has 0 bridgehead atoms. The first-order valence-corrected chi connectivity index (χ1v) is 19.3. The number of hydrogen-bond donors (Lipinski definition) is 1. The van der Waals surface area contributed by atoms with Gasteiger partial charge in [-0.3, -0.25) is 0 Å². The third-order valence-corrected chi connectivity index (χ3v) is 5.77. The molecule has 0 heterocycles. The van der Waals surface area contributed by atoms with Gasteiger partial charge in [-0.25, -0.2) is 0 Å². The van der Waals surface area contributed by atoms with Gasteiger partial charge >= 0.3 is 81.8 Å². The fourth-order valence-corrected chi connectivity index (χ4v) is 5.48. The first kappa shape index (κ1) is 9.86. The average molecular weight is 408 g/mol. The first-order chi connectivity index (χ1) is 5.08. The topological polar surface area (TPSA) is 12.0 Å². The van der Waals surface area contributed by atoms with Crippen LogP contribution >= 0.6 is 25.5 Å². The summed E-state index contributed by atoms with van der Waals surface area (Å²) in [6.45, 7) is 0. The molecule has 62 valence electrons. The van der Waals surface area contributed by atoms with Crippen LogP contribution in [0.1, 0.15) is 0 Å². The van der Waals surface area contributed by atoms with Crippen LogP contribution in [-0.4, -0.2) is 17.0 Å². The Balaban J connectivity index is 2.66. The van der Waals surface area contributed by atoms with Crippen molar-refractivity contribution in [3.05, 3.63) is 30.3 Å². The third-order valence-electron chi connectivity index (χ3n) is 1.06. The normalized spacial score (nSPS) is 12.6. The van der Waals surface area contributed by atoms with E-state index in [1.807, 2.05) is 30.3 Å². The summed E-state index contributed by atoms with van der Waals surface area (Å²) in [5.41, 5.74) is 0.883. The third kappa shape index (κ3) is 4.37. The monoisotopic (exact) mass is 407 g/mol. The summed E-state index contributed by atoms with van der Waals surface area (Å²) >= 11 is -3.51. The van der Waals surface area contributed by atoms with Gasteiger partial charge in [0, 0.05) is 0 Å². The Morgan fingerprint density at radius 2 is 1.55 bits per heavy atom. The minimum absolute atomic E-state index is 0.883. The van der Waals surface area contributed by atoms with Crippen LogP contribution in [0.5, 0.6) is 0 Å². The Labute approximate surface area is 81.1 Å². The van der Waals surface area contributed by atoms with E-state index in [-0.39, 0.29) is 0 Å². The van der Waals surface area contributed by atoms with Gasteiger partial charge < -0.3 is 0 Å². The Bertz CT molecular complexity index is 221. The molecule has 0 aliphatic carbocycles. The maximum atomic E-state index is 5.71. The summed E-state index contributed by atoms with van der Waals surface area (Å²) in [5, 5.41) is 0. The van der Waals surface area contributed by atoms with Crippen molar-refractivity contribution in [2.45, 2.75) is 0 Å². The SMILES string of the molecule is [Cl][BiH]([Cl])([Cl])[NH]c1ccccc1. The number of nitrogens with one attached hydrogen (secondary N) is 1. The van der Waals surface area contributed by atoms with Gasteiger partial charge in [0.25, 0.3) is 0 Å². The van der Waals surface area contributed by atoms with Crippen molar-refractivity contribution in [1.29, 1.82) is 0 Å². The van der Waals surface area contributed by atoms with Crippen molar-refractivity contribution in [1.82, 2.24) is 0 Å². The predicted octanol–water partition coefficient (Wildman–Crippen LogP) is 2.98. The van der Waals surface area contributed by atoms with Crippen molar-refractivity contribution in [3.8, 4) is 0 Å². The molecule has 0 fully saturated rings. The molecular weight excluding hydrogens is 401 g/mol. The summed E-state index contributed by atoms with van der Waals surface area (Å²) < 4.78 is 2.90. The predicted molar refractivity (Wildman–Crippen MR) is 54.8 cm³/mol. The van der Waals surface area contributed by atoms with E-state index in [1.165, 1.54) is 0 Å². The molecule has 1 rings (SSSR count). The molecule has 1 aromatic carbocycles. The zero-order chi connectivity index (χ0) is 8.32. The molecule has 0 aliphatic rings. The van der Waals surface area contributed by atoms with Crippen LogP contribution in [-0.2, 0) is 0 Å². The zero-order valence-corrected chi connectivity index (χ0v) is 11.7. The standard InChI is InChI=1S/C6H6N.Bi.3ClH.H/c7-6-4-2-1-3-5-6;;;;;/h1-5,7H;;3*1H;/q-1;+4;;;;/p-3. The molecule has 0 amide bonds. The number of benzene rings is 1. The molecule has 1 N–H and O–H groups in total. The number of anilines is 1. The van der Waals surface area contributed by atoms with E-state index in [1.54, 1.807) is 0 Å². The Kier molecular flexibility index (Phi) is 3.71. The molecule has 1 nitrogen and oxygen atoms in total. The van der Waals surface area contributed by atoms with Crippen molar-refractivity contribution < 1.29 is 0 Å². The number of hydrogen-bond acceptors (Lipinski definition) is 1. The molecule has 0 atom stereocenters. The zero-order valence-electron chi connectivity index (χ0n) is 5.52. The van der Waals surface area contributed by atoms with E-state index in [2.05, 4.69) is 3.26 Å². The molecule has 11 heavy (non-hydrogen) atoms. The molecule has 0 unspecified atom stereocenters. The number of halogens is 3. The summed E-state index contributed by atoms with van der Waals surface area (Å²) in [5.74, 6) is 0. The fraction of sp³-hybridized carbons (Fsp3) is 0. The summed E-state index contributed by atoms with van der Waals surface area (Å²) in [4.78, 5) is 0. The summed E-state index contributed by atoms with van der Waals surface area (Å²) in [6, 6.07) is 9.46. The van der Waals surface area contributed by atoms with Crippen LogP contribution in [0.3, 0.4) is 0 Å². The van der Waals surface area contributed by atoms with Crippen LogP contribution in [0.2, 0.25) is 0 Å². The second-order valence-corrected chi connectivity index (χ2v) is 26.8. The van der Waals surface area contributed by atoms with E-state index < -0.39 is 17.0 Å². The summed E-state index contributed by atoms with van der Waals surface area (Å²) in [6.07, 6.45) is 0. The van der Waals surface area contributed by atoms with Gasteiger partial charge in [-0.2, -0.15) is 0 Å². The molecule has 0 saturated heterocycles. The van der Waals surface area contributed by atoms with E-state index in [9.17, 15) is 0 Å². The Hall–Kier alpha value is 0.773. The van der Waals surface area contributed by atoms with Gasteiger partial charge in [-0.15, -0.1) is 0 Å². The molecule has 1 aromatic rings. The maximum absolute atomic E-state index is 5.71. The van der Waals surface area contributed by atoms with Gasteiger partial charge in [0.2, 0.25) is 0 Å². The number of para-hydroxylation sites is 1. The van der Waals surface area contributed by atoms with Crippen LogP contribution in [0.15, 0.2) is 30.3 Å². The van der Waals surface area contributed by atoms with E-state index in [0.29, 0.717) is 0 Å². The van der Waals surface area contributed by atoms with E-state index in [4.69, 9.17) is 25.5 Å². The Morgan fingerprint density at radius 1 is 1.00 bits per heavy atom. The second kappa shape index (κ2) is 4.14. The van der Waals surface area contributed by atoms with E-state index in [0.717, 1.165) is 5.69 Å². The van der Waals surface area contributed by atoms with Gasteiger partial charge in [0.15, 0.2) is 0 Å². The quantitative estimate of drug-likeness (QED) is 0.742. The molecule has 0 saturated carbocycles. The van der Waals surface area contributed by atoms with Crippen molar-refractivity contribution in [2.24, 2.45) is 0 Å². The second-order valence-electron chi connectivity index (χ2n) is 1.99. The Morgan fingerprint density at radius 3 is 2.00 bits per heavy atom. The van der Waals surface area contributed by atoms with Gasteiger partial charge in [-0.05, 0) is 0 Å². The minimum atomic E-state index is -3.51. The van der Waals surface area contributed by atoms with Crippen LogP contribution in [0.4, 0.5) is 5.69 Å². The summed E-state index contributed by atoms with van der Waals surface area (Å²) in [7, 11) is 17.1. The van der Waals surface area contributed by atoms with Crippen LogP contribution in [0.25, 0.3) is 0 Å². The van der Waals surface area contributed by atoms with Crippen molar-refractivity contribution in [3.63, 3.8) is 0 Å². The molecule has 0 aliphatic heterocycles. The molecule has 0 radical (unpaired) electrons. The first-order valence-electron chi connectivity index (χ1n) is 2.98. The van der Waals surface area contributed by atoms with Gasteiger partial charge in [0.1, 0.15) is 0 Å². The molecular formula is C6H7BiCl3N.